The Labute approximate surface area is 135 Å². The molecule has 0 rings (SSSR count). The van der Waals surface area contributed by atoms with Gasteiger partial charge < -0.3 is 5.73 Å². The number of nitrogens with two attached hydrogens (primary N) is 1. The third-order valence-corrected chi connectivity index (χ3v) is 5.15. The van der Waals surface area contributed by atoms with Crippen LogP contribution in [0.3, 0.4) is 0 Å². The van der Waals surface area contributed by atoms with Crippen molar-refractivity contribution in [3.8, 4) is 0 Å². The van der Waals surface area contributed by atoms with Crippen LogP contribution in [0, 0.1) is 11.8 Å². The Kier molecular flexibility index (Phi) is 11.8. The molecule has 0 spiro atoms. The van der Waals surface area contributed by atoms with Crippen LogP contribution in [-0.4, -0.2) is 40.1 Å². The molecule has 0 heterocycles. The highest BCUT2D eigenvalue weighted by Gasteiger charge is 2.16. The van der Waals surface area contributed by atoms with Crippen LogP contribution >= 0.6 is 11.8 Å². The summed E-state index contributed by atoms with van der Waals surface area (Å²) in [6.07, 6.45) is 3.87. The van der Waals surface area contributed by atoms with Crippen molar-refractivity contribution in [2.45, 2.75) is 78.2 Å². The fourth-order valence-corrected chi connectivity index (χ4v) is 3.18. The maximum absolute atomic E-state index is 9.55. The van der Waals surface area contributed by atoms with Crippen LogP contribution < -0.4 is 5.73 Å². The van der Waals surface area contributed by atoms with E-state index in [9.17, 15) is 5.21 Å². The molecule has 0 aliphatic heterocycles. The molecule has 0 fully saturated rings. The summed E-state index contributed by atoms with van der Waals surface area (Å²) in [7, 11) is 0. The molecule has 0 saturated carbocycles. The van der Waals surface area contributed by atoms with Gasteiger partial charge in [-0.05, 0) is 32.1 Å². The van der Waals surface area contributed by atoms with Gasteiger partial charge in [0.05, 0.1) is 12.6 Å². The topological polar surface area (TPSA) is 58.7 Å². The molecule has 0 aliphatic carbocycles. The van der Waals surface area contributed by atoms with Gasteiger partial charge in [0, 0.05) is 17.0 Å². The Hall–Kier alpha value is 0.190. The van der Waals surface area contributed by atoms with E-state index in [-0.39, 0.29) is 12.1 Å². The molecule has 0 bridgehead atoms. The average molecular weight is 321 g/mol. The first-order chi connectivity index (χ1) is 9.72. The number of thioether (sulfide) groups is 1. The second kappa shape index (κ2) is 11.7. The molecule has 0 amide bonds. The molecule has 0 radical (unpaired) electrons. The molecule has 0 aliphatic rings. The normalized spacial score (nSPS) is 16.7. The van der Waals surface area contributed by atoms with Crippen LogP contribution in [0.2, 0.25) is 0 Å². The second-order valence-electron chi connectivity index (χ2n) is 6.79. The van der Waals surface area contributed by atoms with E-state index < -0.39 is 0 Å². The van der Waals surface area contributed by atoms with Gasteiger partial charge in [0.25, 0.3) is 0 Å². The largest absolute Gasteiger partial charge is 0.326 e. The van der Waals surface area contributed by atoms with Crippen LogP contribution in [0.5, 0.6) is 0 Å². The number of hydrogen-bond acceptors (Lipinski definition) is 5. The van der Waals surface area contributed by atoms with E-state index in [1.54, 1.807) is 0 Å². The maximum atomic E-state index is 9.55. The van der Waals surface area contributed by atoms with Gasteiger partial charge in [-0.2, -0.15) is 11.8 Å². The van der Waals surface area contributed by atoms with Crippen molar-refractivity contribution in [3.05, 3.63) is 0 Å². The van der Waals surface area contributed by atoms with Crippen molar-refractivity contribution >= 4 is 11.8 Å². The highest BCUT2D eigenvalue weighted by atomic mass is 32.2. The summed E-state index contributed by atoms with van der Waals surface area (Å²) in [6.45, 7) is 13.3. The SMILES string of the molecule is CC(C)CCC[C@H](C)[C@H](C)SC[C@H](N)CN(O)OC(C)C. The van der Waals surface area contributed by atoms with Crippen molar-refractivity contribution in [1.82, 2.24) is 5.23 Å². The third-order valence-electron chi connectivity index (χ3n) is 3.54. The highest BCUT2D eigenvalue weighted by molar-refractivity contribution is 7.99. The fourth-order valence-electron chi connectivity index (χ4n) is 2.06. The van der Waals surface area contributed by atoms with Crippen LogP contribution in [-0.2, 0) is 4.84 Å². The Bertz CT molecular complexity index is 252. The van der Waals surface area contributed by atoms with Crippen LogP contribution in [0.4, 0.5) is 0 Å². The Morgan fingerprint density at radius 1 is 1.10 bits per heavy atom. The zero-order valence-corrected chi connectivity index (χ0v) is 15.5. The van der Waals surface area contributed by atoms with E-state index in [0.29, 0.717) is 17.7 Å². The van der Waals surface area contributed by atoms with Gasteiger partial charge in [0.2, 0.25) is 0 Å². The quantitative estimate of drug-likeness (QED) is 0.534. The molecule has 128 valence electrons. The average Bonchev–Trinajstić information content (AvgIpc) is 2.34. The predicted octanol–water partition coefficient (Wildman–Crippen LogP) is 3.93. The van der Waals surface area contributed by atoms with E-state index in [2.05, 4.69) is 27.7 Å². The number of rotatable bonds is 12. The van der Waals surface area contributed by atoms with E-state index in [1.807, 2.05) is 25.6 Å². The smallest absolute Gasteiger partial charge is 0.0763 e. The lowest BCUT2D eigenvalue weighted by Gasteiger charge is -2.24. The first kappa shape index (κ1) is 21.2. The van der Waals surface area contributed by atoms with E-state index in [1.165, 1.54) is 19.3 Å². The molecule has 3 N–H and O–H groups in total. The number of nitrogens with zero attached hydrogens (tertiary/aromatic N) is 1. The zero-order valence-electron chi connectivity index (χ0n) is 14.7. The summed E-state index contributed by atoms with van der Waals surface area (Å²) < 4.78 is 0. The standard InChI is InChI=1S/C16H36N2O2S/c1-12(2)8-7-9-14(5)15(6)21-11-16(17)10-18(19)20-13(3)4/h12-16,19H,7-11,17H2,1-6H3/t14-,15-,16+/m0/s1. The molecule has 0 saturated heterocycles. The predicted molar refractivity (Wildman–Crippen MR) is 92.5 cm³/mol. The Morgan fingerprint density at radius 3 is 2.24 bits per heavy atom. The third kappa shape index (κ3) is 12.4. The molecule has 0 aromatic heterocycles. The van der Waals surface area contributed by atoms with Crippen molar-refractivity contribution in [2.24, 2.45) is 17.6 Å². The minimum absolute atomic E-state index is 0.0326. The first-order valence-corrected chi connectivity index (χ1v) is 9.27. The highest BCUT2D eigenvalue weighted by Crippen LogP contribution is 2.24. The van der Waals surface area contributed by atoms with E-state index >= 15 is 0 Å². The summed E-state index contributed by atoms with van der Waals surface area (Å²) in [5.41, 5.74) is 6.04. The van der Waals surface area contributed by atoms with Gasteiger partial charge in [0.1, 0.15) is 0 Å². The lowest BCUT2D eigenvalue weighted by molar-refractivity contribution is -0.356. The summed E-state index contributed by atoms with van der Waals surface area (Å²) in [5.74, 6) is 2.34. The summed E-state index contributed by atoms with van der Waals surface area (Å²) >= 11 is 1.89. The molecule has 4 nitrogen and oxygen atoms in total. The minimum Gasteiger partial charge on any atom is -0.326 e. The van der Waals surface area contributed by atoms with Crippen LogP contribution in [0.1, 0.15) is 60.8 Å². The van der Waals surface area contributed by atoms with E-state index in [4.69, 9.17) is 10.6 Å². The van der Waals surface area contributed by atoms with E-state index in [0.717, 1.165) is 16.9 Å². The molecule has 3 atom stereocenters. The lowest BCUT2D eigenvalue weighted by Crippen LogP contribution is -2.39. The van der Waals surface area contributed by atoms with Gasteiger partial charge in [-0.15, -0.1) is 0 Å². The molecule has 5 heteroatoms. The second-order valence-corrected chi connectivity index (χ2v) is 8.20. The summed E-state index contributed by atoms with van der Waals surface area (Å²) in [4.78, 5) is 5.15. The molecule has 0 aromatic rings. The first-order valence-electron chi connectivity index (χ1n) is 8.22. The lowest BCUT2D eigenvalue weighted by atomic mass is 9.98. The molecular formula is C16H36N2O2S. The van der Waals surface area contributed by atoms with Gasteiger partial charge in [-0.3, -0.25) is 10.0 Å². The maximum Gasteiger partial charge on any atom is 0.0763 e. The van der Waals surface area contributed by atoms with Crippen LogP contribution in [0.15, 0.2) is 0 Å². The summed E-state index contributed by atoms with van der Waals surface area (Å²) in [6, 6.07) is -0.0796. The van der Waals surface area contributed by atoms with Crippen molar-refractivity contribution in [1.29, 1.82) is 0 Å². The Balaban J connectivity index is 3.81. The summed E-state index contributed by atoms with van der Waals surface area (Å²) in [5, 5.41) is 11.0. The van der Waals surface area contributed by atoms with Gasteiger partial charge in [-0.25, -0.2) is 0 Å². The minimum atomic E-state index is -0.0796. The van der Waals surface area contributed by atoms with Gasteiger partial charge in [0.15, 0.2) is 0 Å². The number of hydrogen-bond donors (Lipinski definition) is 2. The van der Waals surface area contributed by atoms with Gasteiger partial charge in [-0.1, -0.05) is 45.8 Å². The molecule has 0 aromatic carbocycles. The zero-order chi connectivity index (χ0) is 16.4. The molecular weight excluding hydrogens is 284 g/mol. The van der Waals surface area contributed by atoms with Crippen molar-refractivity contribution in [3.63, 3.8) is 0 Å². The van der Waals surface area contributed by atoms with Crippen LogP contribution in [0.25, 0.3) is 0 Å². The monoisotopic (exact) mass is 320 g/mol. The number of hydroxylamine groups is 2. The molecule has 21 heavy (non-hydrogen) atoms. The molecule has 0 unspecified atom stereocenters. The van der Waals surface area contributed by atoms with Gasteiger partial charge >= 0.3 is 0 Å². The van der Waals surface area contributed by atoms with Crippen molar-refractivity contribution < 1.29 is 10.0 Å². The Morgan fingerprint density at radius 2 is 1.71 bits per heavy atom. The van der Waals surface area contributed by atoms with Crippen molar-refractivity contribution in [2.75, 3.05) is 12.3 Å². The fraction of sp³-hybridized carbons (Fsp3) is 1.00.